The number of likely N-dealkylation sites (N-methyl/N-ethyl adjacent to an activating group) is 1. The molecule has 0 amide bonds. The summed E-state index contributed by atoms with van der Waals surface area (Å²) >= 11 is 0. The molecule has 0 aliphatic heterocycles. The first-order valence-electron chi connectivity index (χ1n) is 17.0. The Balaban J connectivity index is 0.000000506. The van der Waals surface area contributed by atoms with E-state index >= 15 is 0 Å². The summed E-state index contributed by atoms with van der Waals surface area (Å²) < 4.78 is 39.7. The Kier molecular flexibility index (Phi) is 21.9. The van der Waals surface area contributed by atoms with Crippen LogP contribution < -0.4 is 0 Å². The van der Waals surface area contributed by atoms with Crippen LogP contribution in [0.2, 0.25) is 0 Å². The van der Waals surface area contributed by atoms with Crippen molar-refractivity contribution in [2.24, 2.45) is 0 Å². The van der Waals surface area contributed by atoms with Crippen LogP contribution in [0.4, 0.5) is 0 Å². The van der Waals surface area contributed by atoms with Crippen molar-refractivity contribution in [2.45, 2.75) is 127 Å². The fourth-order valence-electron chi connectivity index (χ4n) is 5.40. The van der Waals surface area contributed by atoms with Crippen LogP contribution >= 0.6 is 0 Å². The van der Waals surface area contributed by atoms with Crippen LogP contribution in [0, 0.1) is 0 Å². The van der Waals surface area contributed by atoms with E-state index in [0.29, 0.717) is 6.04 Å². The van der Waals surface area contributed by atoms with E-state index in [1.807, 2.05) is 0 Å². The van der Waals surface area contributed by atoms with E-state index < -0.39 is 27.0 Å². The van der Waals surface area contributed by atoms with Gasteiger partial charge in [0.15, 0.2) is 0 Å². The highest BCUT2D eigenvalue weighted by Gasteiger charge is 2.19. The molecule has 0 aliphatic carbocycles. The van der Waals surface area contributed by atoms with Crippen molar-refractivity contribution in [3.8, 4) is 0 Å². The molecule has 1 N–H and O–H groups in total. The van der Waals surface area contributed by atoms with Gasteiger partial charge in [-0.25, -0.2) is 9.59 Å². The molecule has 2 aromatic carbocycles. The summed E-state index contributed by atoms with van der Waals surface area (Å²) in [6.07, 6.45) is 24.2. The zero-order chi connectivity index (χ0) is 34.2. The predicted octanol–water partition coefficient (Wildman–Crippen LogP) is 8.93. The summed E-state index contributed by atoms with van der Waals surface area (Å²) in [4.78, 5) is 24.4. The van der Waals surface area contributed by atoms with Gasteiger partial charge in [0.05, 0.1) is 30.2 Å². The van der Waals surface area contributed by atoms with Gasteiger partial charge in [0.2, 0.25) is 0 Å². The normalized spacial score (nSPS) is 11.9. The number of methoxy groups -OCH3 is 2. The van der Waals surface area contributed by atoms with Crippen LogP contribution in [0.1, 0.15) is 136 Å². The van der Waals surface area contributed by atoms with Crippen LogP contribution in [0.25, 0.3) is 0 Å². The SMILES string of the molecule is CCCCCCCCCCCCCCCCCC(Cc1ccccc1)N(C)C.COC(=O)c1cc(C(=O)OC)cc(S(=O)(=O)O)c1. The minimum atomic E-state index is -4.55. The van der Waals surface area contributed by atoms with Gasteiger partial charge in [-0.15, -0.1) is 0 Å². The standard InChI is InChI=1S/C27H49N.C10H10O7S/c1-4-5-6-7-8-9-10-11-12-13-14-15-16-17-21-24-27(28(2)3)25-26-22-19-18-20-23-26;1-16-9(11)6-3-7(10(12)17-2)5-8(4-6)18(13,14)15/h18-20,22-23,27H,4-17,21,24-25H2,1-3H3;3-5H,1-2H3,(H,13,14,15). The molecule has 0 fully saturated rings. The average molecular weight is 662 g/mol. The number of benzene rings is 2. The molecule has 0 heterocycles. The van der Waals surface area contributed by atoms with Gasteiger partial charge in [-0.05, 0) is 50.7 Å². The zero-order valence-corrected chi connectivity index (χ0v) is 29.8. The highest BCUT2D eigenvalue weighted by molar-refractivity contribution is 7.85. The third-order valence-electron chi connectivity index (χ3n) is 8.23. The molecular weight excluding hydrogens is 602 g/mol. The molecule has 46 heavy (non-hydrogen) atoms. The number of carbonyl (C=O) groups excluding carboxylic acids is 2. The zero-order valence-electron chi connectivity index (χ0n) is 29.0. The molecule has 0 saturated heterocycles. The lowest BCUT2D eigenvalue weighted by atomic mass is 9.98. The number of unbranched alkanes of at least 4 members (excludes halogenated alkanes) is 14. The molecule has 2 aromatic rings. The summed E-state index contributed by atoms with van der Waals surface area (Å²) in [5.41, 5.74) is 1.10. The summed E-state index contributed by atoms with van der Waals surface area (Å²) in [6, 6.07) is 14.6. The first-order valence-corrected chi connectivity index (χ1v) is 18.5. The summed E-state index contributed by atoms with van der Waals surface area (Å²) in [5.74, 6) is -1.68. The van der Waals surface area contributed by atoms with Crippen molar-refractivity contribution in [1.82, 2.24) is 4.90 Å². The van der Waals surface area contributed by atoms with E-state index in [1.54, 1.807) is 0 Å². The number of ether oxygens (including phenoxy) is 2. The molecular formula is C37H59NO7S. The highest BCUT2D eigenvalue weighted by Crippen LogP contribution is 2.18. The smallest absolute Gasteiger partial charge is 0.337 e. The summed E-state index contributed by atoms with van der Waals surface area (Å²) in [5, 5.41) is 0. The minimum absolute atomic E-state index is 0.187. The van der Waals surface area contributed by atoms with Gasteiger partial charge in [-0.2, -0.15) is 8.42 Å². The maximum absolute atomic E-state index is 11.3. The van der Waals surface area contributed by atoms with Crippen LogP contribution in [0.15, 0.2) is 53.4 Å². The van der Waals surface area contributed by atoms with E-state index in [1.165, 1.54) is 115 Å². The van der Waals surface area contributed by atoms with Gasteiger partial charge in [-0.3, -0.25) is 4.55 Å². The number of esters is 2. The minimum Gasteiger partial charge on any atom is -0.465 e. The van der Waals surface area contributed by atoms with Gasteiger partial charge in [-0.1, -0.05) is 134 Å². The molecule has 8 nitrogen and oxygen atoms in total. The molecule has 0 bridgehead atoms. The molecule has 1 atom stereocenters. The average Bonchev–Trinajstić information content (AvgIpc) is 3.05. The molecule has 0 aliphatic rings. The van der Waals surface area contributed by atoms with Crippen molar-refractivity contribution in [1.29, 1.82) is 0 Å². The maximum Gasteiger partial charge on any atom is 0.337 e. The maximum atomic E-state index is 11.3. The third kappa shape index (κ3) is 18.4. The fraction of sp³-hybridized carbons (Fsp3) is 0.622. The lowest BCUT2D eigenvalue weighted by molar-refractivity contribution is 0.0598. The van der Waals surface area contributed by atoms with Crippen LogP contribution in [0.3, 0.4) is 0 Å². The Morgan fingerprint density at radius 2 is 1.11 bits per heavy atom. The molecule has 260 valence electrons. The van der Waals surface area contributed by atoms with Gasteiger partial charge in [0.1, 0.15) is 0 Å². The first kappa shape index (κ1) is 41.3. The predicted molar refractivity (Wildman–Crippen MR) is 186 cm³/mol. The van der Waals surface area contributed by atoms with Crippen molar-refractivity contribution in [3.05, 3.63) is 65.2 Å². The number of rotatable bonds is 22. The quantitative estimate of drug-likeness (QED) is 0.0757. The second-order valence-electron chi connectivity index (χ2n) is 12.2. The van der Waals surface area contributed by atoms with Crippen LogP contribution in [-0.2, 0) is 26.0 Å². The second kappa shape index (κ2) is 24.4. The number of hydrogen-bond acceptors (Lipinski definition) is 7. The summed E-state index contributed by atoms with van der Waals surface area (Å²) in [6.45, 7) is 2.30. The van der Waals surface area contributed by atoms with Crippen molar-refractivity contribution >= 4 is 22.1 Å². The van der Waals surface area contributed by atoms with Gasteiger partial charge >= 0.3 is 11.9 Å². The molecule has 1 unspecified atom stereocenters. The Hall–Kier alpha value is -2.75. The third-order valence-corrected chi connectivity index (χ3v) is 9.06. The van der Waals surface area contributed by atoms with Crippen molar-refractivity contribution in [3.63, 3.8) is 0 Å². The van der Waals surface area contributed by atoms with E-state index in [9.17, 15) is 18.0 Å². The number of carbonyl (C=O) groups is 2. The Morgan fingerprint density at radius 1 is 0.696 bits per heavy atom. The van der Waals surface area contributed by atoms with E-state index in [2.05, 4.69) is 65.7 Å². The molecule has 0 aromatic heterocycles. The first-order chi connectivity index (χ1) is 22.0. The van der Waals surface area contributed by atoms with Crippen molar-refractivity contribution in [2.75, 3.05) is 28.3 Å². The topological polar surface area (TPSA) is 110 Å². The van der Waals surface area contributed by atoms with E-state index in [4.69, 9.17) is 4.55 Å². The van der Waals surface area contributed by atoms with Crippen LogP contribution in [0.5, 0.6) is 0 Å². The monoisotopic (exact) mass is 661 g/mol. The Labute approximate surface area is 279 Å². The Bertz CT molecular complexity index is 1180. The van der Waals surface area contributed by atoms with E-state index in [-0.39, 0.29) is 11.1 Å². The largest absolute Gasteiger partial charge is 0.465 e. The molecule has 0 radical (unpaired) electrons. The second-order valence-corrected chi connectivity index (χ2v) is 13.7. The van der Waals surface area contributed by atoms with Crippen molar-refractivity contribution < 1.29 is 32.0 Å². The van der Waals surface area contributed by atoms with Crippen LogP contribution in [-0.4, -0.2) is 64.2 Å². The molecule has 2 rings (SSSR count). The fourth-order valence-corrected chi connectivity index (χ4v) is 5.95. The number of hydrogen-bond donors (Lipinski definition) is 1. The Morgan fingerprint density at radius 3 is 1.48 bits per heavy atom. The number of nitrogens with zero attached hydrogens (tertiary/aromatic N) is 1. The lowest BCUT2D eigenvalue weighted by Crippen LogP contribution is -2.30. The summed E-state index contributed by atoms with van der Waals surface area (Å²) in [7, 11) is 2.12. The van der Waals surface area contributed by atoms with Gasteiger partial charge in [0, 0.05) is 6.04 Å². The lowest BCUT2D eigenvalue weighted by Gasteiger charge is -2.24. The highest BCUT2D eigenvalue weighted by atomic mass is 32.2. The van der Waals surface area contributed by atoms with Gasteiger partial charge < -0.3 is 14.4 Å². The molecule has 0 saturated carbocycles. The van der Waals surface area contributed by atoms with Gasteiger partial charge in [0.25, 0.3) is 10.1 Å². The molecule has 0 spiro atoms. The molecule has 9 heteroatoms. The van der Waals surface area contributed by atoms with E-state index in [0.717, 1.165) is 32.4 Å².